The highest BCUT2D eigenvalue weighted by Crippen LogP contribution is 2.29. The van der Waals surface area contributed by atoms with E-state index < -0.39 is 0 Å². The van der Waals surface area contributed by atoms with Crippen LogP contribution in [0.25, 0.3) is 11.4 Å². The Morgan fingerprint density at radius 1 is 1.36 bits per heavy atom. The van der Waals surface area contributed by atoms with E-state index >= 15 is 0 Å². The molecule has 9 nitrogen and oxygen atoms in total. The first-order chi connectivity index (χ1) is 12.1. The molecule has 0 radical (unpaired) electrons. The number of aryl methyl sites for hydroxylation is 1. The molecule has 2 heterocycles. The summed E-state index contributed by atoms with van der Waals surface area (Å²) >= 11 is 1.35. The maximum atomic E-state index is 11.8. The molecule has 0 aromatic carbocycles. The molecule has 2 rings (SSSR count). The second-order valence-corrected chi connectivity index (χ2v) is 6.26. The third kappa shape index (κ3) is 4.95. The highest BCUT2D eigenvalue weighted by Gasteiger charge is 2.20. The molecule has 0 bridgehead atoms. The van der Waals surface area contributed by atoms with Crippen LogP contribution in [0.15, 0.2) is 11.4 Å². The number of carbonyl (C=O) groups excluding carboxylic acids is 1. The molecule has 1 N–H and O–H groups in total. The molecule has 0 saturated carbocycles. The van der Waals surface area contributed by atoms with Crippen LogP contribution < -0.4 is 10.1 Å². The van der Waals surface area contributed by atoms with Crippen molar-refractivity contribution in [2.45, 2.75) is 25.0 Å². The van der Waals surface area contributed by atoms with Gasteiger partial charge in [0, 0.05) is 26.9 Å². The number of hydrogen-bond acceptors (Lipinski definition) is 7. The lowest BCUT2D eigenvalue weighted by molar-refractivity contribution is -0.118. The summed E-state index contributed by atoms with van der Waals surface area (Å²) in [5.41, 5.74) is 0.746. The predicted octanol–water partition coefficient (Wildman–Crippen LogP) is 0.952. The van der Waals surface area contributed by atoms with Gasteiger partial charge < -0.3 is 14.8 Å². The normalized spacial score (nSPS) is 10.9. The fourth-order valence-corrected chi connectivity index (χ4v) is 2.99. The number of amides is 1. The number of methoxy groups -OCH3 is 2. The highest BCUT2D eigenvalue weighted by molar-refractivity contribution is 7.99. The van der Waals surface area contributed by atoms with Crippen LogP contribution in [0.1, 0.15) is 13.3 Å². The Labute approximate surface area is 151 Å². The van der Waals surface area contributed by atoms with Crippen LogP contribution in [0.4, 0.5) is 0 Å². The zero-order valence-electron chi connectivity index (χ0n) is 15.0. The lowest BCUT2D eigenvalue weighted by Crippen LogP contribution is -2.25. The van der Waals surface area contributed by atoms with Gasteiger partial charge in [0.1, 0.15) is 5.56 Å². The minimum atomic E-state index is -0.0198. The number of aromatic nitrogens is 5. The summed E-state index contributed by atoms with van der Waals surface area (Å²) in [4.78, 5) is 11.8. The van der Waals surface area contributed by atoms with Gasteiger partial charge in [-0.1, -0.05) is 18.7 Å². The van der Waals surface area contributed by atoms with Crippen LogP contribution in [0.3, 0.4) is 0 Å². The molecule has 0 aliphatic heterocycles. The highest BCUT2D eigenvalue weighted by atomic mass is 32.2. The molecular weight excluding hydrogens is 344 g/mol. The summed E-state index contributed by atoms with van der Waals surface area (Å²) in [5, 5.41) is 16.3. The molecule has 2 aromatic rings. The van der Waals surface area contributed by atoms with Gasteiger partial charge in [0.2, 0.25) is 11.8 Å². The Morgan fingerprint density at radius 2 is 2.16 bits per heavy atom. The SMILES string of the molecule is CCCNC(=O)CSc1nnc(-c2cn(C)nc2OC)n1CCOC. The van der Waals surface area contributed by atoms with E-state index in [0.717, 1.165) is 12.0 Å². The molecule has 0 aliphatic carbocycles. The van der Waals surface area contributed by atoms with E-state index in [1.54, 1.807) is 18.9 Å². The number of hydrogen-bond donors (Lipinski definition) is 1. The van der Waals surface area contributed by atoms with E-state index in [0.29, 0.717) is 36.6 Å². The predicted molar refractivity (Wildman–Crippen MR) is 94.7 cm³/mol. The van der Waals surface area contributed by atoms with Crippen LogP contribution in [-0.2, 0) is 23.1 Å². The Morgan fingerprint density at radius 3 is 2.84 bits per heavy atom. The van der Waals surface area contributed by atoms with Gasteiger partial charge in [-0.15, -0.1) is 15.3 Å². The zero-order chi connectivity index (χ0) is 18.2. The zero-order valence-corrected chi connectivity index (χ0v) is 15.8. The molecule has 0 unspecified atom stereocenters. The van der Waals surface area contributed by atoms with Gasteiger partial charge in [0.25, 0.3) is 0 Å². The molecule has 0 aliphatic rings. The van der Waals surface area contributed by atoms with Crippen molar-refractivity contribution in [1.82, 2.24) is 29.9 Å². The number of thioether (sulfide) groups is 1. The summed E-state index contributed by atoms with van der Waals surface area (Å²) in [7, 11) is 5.02. The number of carbonyl (C=O) groups is 1. The van der Waals surface area contributed by atoms with Gasteiger partial charge in [-0.25, -0.2) is 0 Å². The van der Waals surface area contributed by atoms with Crippen LogP contribution in [0.2, 0.25) is 0 Å². The van der Waals surface area contributed by atoms with E-state index in [-0.39, 0.29) is 11.7 Å². The molecule has 0 fully saturated rings. The fourth-order valence-electron chi connectivity index (χ4n) is 2.20. The first-order valence-electron chi connectivity index (χ1n) is 8.00. The molecule has 2 aromatic heterocycles. The molecule has 0 saturated heterocycles. The molecule has 1 amide bonds. The number of nitrogens with one attached hydrogen (secondary N) is 1. The number of rotatable bonds is 10. The van der Waals surface area contributed by atoms with Crippen LogP contribution >= 0.6 is 11.8 Å². The topological polar surface area (TPSA) is 96.1 Å². The van der Waals surface area contributed by atoms with Crippen molar-refractivity contribution in [3.8, 4) is 17.3 Å². The Kier molecular flexibility index (Phi) is 7.26. The Balaban J connectivity index is 2.23. The quantitative estimate of drug-likeness (QED) is 0.624. The van der Waals surface area contributed by atoms with Gasteiger partial charge in [-0.3, -0.25) is 14.0 Å². The van der Waals surface area contributed by atoms with Gasteiger partial charge in [-0.2, -0.15) is 0 Å². The van der Waals surface area contributed by atoms with Crippen molar-refractivity contribution in [3.05, 3.63) is 6.20 Å². The second-order valence-electron chi connectivity index (χ2n) is 5.31. The van der Waals surface area contributed by atoms with E-state index in [2.05, 4.69) is 20.6 Å². The summed E-state index contributed by atoms with van der Waals surface area (Å²) < 4.78 is 14.1. The van der Waals surface area contributed by atoms with Crippen LogP contribution in [-0.4, -0.2) is 63.6 Å². The maximum Gasteiger partial charge on any atom is 0.243 e. The lowest BCUT2D eigenvalue weighted by Gasteiger charge is -2.09. The summed E-state index contributed by atoms with van der Waals surface area (Å²) in [6.45, 7) is 3.76. The van der Waals surface area contributed by atoms with Crippen molar-refractivity contribution in [3.63, 3.8) is 0 Å². The van der Waals surface area contributed by atoms with E-state index in [1.807, 2.05) is 24.7 Å². The average molecular weight is 368 g/mol. The van der Waals surface area contributed by atoms with Gasteiger partial charge in [0.15, 0.2) is 11.0 Å². The number of ether oxygens (including phenoxy) is 2. The standard InChI is InChI=1S/C15H24N6O3S/c1-5-6-16-12(22)10-25-15-18-17-13(21(15)7-8-23-3)11-9-20(2)19-14(11)24-4/h9H,5-8,10H2,1-4H3,(H,16,22). The third-order valence-electron chi connectivity index (χ3n) is 3.37. The third-order valence-corrected chi connectivity index (χ3v) is 4.34. The van der Waals surface area contributed by atoms with Crippen molar-refractivity contribution >= 4 is 17.7 Å². The van der Waals surface area contributed by atoms with Crippen molar-refractivity contribution in [2.75, 3.05) is 33.1 Å². The van der Waals surface area contributed by atoms with Crippen molar-refractivity contribution in [2.24, 2.45) is 7.05 Å². The minimum absolute atomic E-state index is 0.0198. The van der Waals surface area contributed by atoms with Crippen molar-refractivity contribution in [1.29, 1.82) is 0 Å². The minimum Gasteiger partial charge on any atom is -0.479 e. The summed E-state index contributed by atoms with van der Waals surface area (Å²) in [5.74, 6) is 1.38. The molecule has 138 valence electrons. The molecule has 0 atom stereocenters. The van der Waals surface area contributed by atoms with Crippen LogP contribution in [0, 0.1) is 0 Å². The van der Waals surface area contributed by atoms with Crippen LogP contribution in [0.5, 0.6) is 5.88 Å². The summed E-state index contributed by atoms with van der Waals surface area (Å²) in [6.07, 6.45) is 2.74. The summed E-state index contributed by atoms with van der Waals surface area (Å²) in [6, 6.07) is 0. The molecule has 25 heavy (non-hydrogen) atoms. The first kappa shape index (κ1) is 19.3. The number of nitrogens with zero attached hydrogens (tertiary/aromatic N) is 5. The Bertz CT molecular complexity index is 699. The second kappa shape index (κ2) is 9.42. The van der Waals surface area contributed by atoms with Crippen molar-refractivity contribution < 1.29 is 14.3 Å². The van der Waals surface area contributed by atoms with E-state index in [4.69, 9.17) is 9.47 Å². The maximum absolute atomic E-state index is 11.8. The molecule has 0 spiro atoms. The monoisotopic (exact) mass is 368 g/mol. The van der Waals surface area contributed by atoms with Gasteiger partial charge in [0.05, 0.1) is 26.0 Å². The van der Waals surface area contributed by atoms with Gasteiger partial charge in [-0.05, 0) is 6.42 Å². The molecule has 10 heteroatoms. The smallest absolute Gasteiger partial charge is 0.243 e. The average Bonchev–Trinajstić information content (AvgIpc) is 3.18. The lowest BCUT2D eigenvalue weighted by atomic mass is 10.3. The van der Waals surface area contributed by atoms with E-state index in [9.17, 15) is 4.79 Å². The first-order valence-corrected chi connectivity index (χ1v) is 8.98. The fraction of sp³-hybridized carbons (Fsp3) is 0.600. The largest absolute Gasteiger partial charge is 0.479 e. The Hall–Kier alpha value is -2.07. The van der Waals surface area contributed by atoms with Gasteiger partial charge >= 0.3 is 0 Å². The van der Waals surface area contributed by atoms with E-state index in [1.165, 1.54) is 11.8 Å². The molecular formula is C15H24N6O3S.